The molecule has 0 saturated carbocycles. The third-order valence-electron chi connectivity index (χ3n) is 8.24. The molecule has 0 aliphatic carbocycles. The summed E-state index contributed by atoms with van der Waals surface area (Å²) in [7, 11) is 6.81. The molecule has 4 rings (SSSR count). The van der Waals surface area contributed by atoms with Crippen molar-refractivity contribution in [3.8, 4) is 34.5 Å². The normalized spacial score (nSPS) is 10.2. The zero-order chi connectivity index (χ0) is 29.2. The molecule has 6 nitrogen and oxygen atoms in total. The molecular weight excluding hydrogens is 675 g/mol. The van der Waals surface area contributed by atoms with E-state index in [-0.39, 0.29) is 58.9 Å². The predicted octanol–water partition coefficient (Wildman–Crippen LogP) is -4.92. The molecule has 0 N–H and O–H groups in total. The first-order chi connectivity index (χ1) is 19.2. The van der Waals surface area contributed by atoms with Crippen LogP contribution in [0, 0.1) is 27.7 Å². The molecule has 0 saturated heterocycles. The van der Waals surface area contributed by atoms with Gasteiger partial charge in [0.05, 0.1) is 42.7 Å². The second kappa shape index (κ2) is 17.3. The third-order valence-corrected chi connectivity index (χ3v) is 13.3. The largest absolute Gasteiger partial charge is 4.00 e. The van der Waals surface area contributed by atoms with Gasteiger partial charge in [0, 0.05) is 0 Å². The van der Waals surface area contributed by atoms with Gasteiger partial charge < -0.3 is 65.6 Å². The molecule has 0 unspecified atom stereocenters. The van der Waals surface area contributed by atoms with Crippen molar-refractivity contribution < 1.29 is 87.4 Å². The van der Waals surface area contributed by atoms with Crippen molar-refractivity contribution in [3.05, 3.63) is 76.9 Å². The monoisotopic (exact) mass is 712 g/mol. The molecule has 0 atom stereocenters. The van der Waals surface area contributed by atoms with E-state index >= 15 is 0 Å². The number of ether oxygens (including phenoxy) is 6. The topological polar surface area (TPSA) is 55.4 Å². The molecule has 0 aliphatic heterocycles. The third kappa shape index (κ3) is 6.89. The van der Waals surface area contributed by atoms with Crippen LogP contribution in [0.5, 0.6) is 34.5 Å². The fraction of sp³-hybridized carbons (Fsp3) is 0.303. The Labute approximate surface area is 296 Å². The van der Waals surface area contributed by atoms with Crippen molar-refractivity contribution in [1.29, 1.82) is 0 Å². The molecule has 0 aromatic heterocycles. The van der Waals surface area contributed by atoms with E-state index in [1.807, 2.05) is 36.4 Å². The summed E-state index contributed by atoms with van der Waals surface area (Å²) in [6.45, 7) is 8.79. The van der Waals surface area contributed by atoms with E-state index in [0.29, 0.717) is 0 Å². The minimum Gasteiger partial charge on any atom is -1.00 e. The molecule has 11 heteroatoms. The van der Waals surface area contributed by atoms with Crippen LogP contribution in [0.3, 0.4) is 0 Å². The summed E-state index contributed by atoms with van der Waals surface area (Å²) in [5.74, 6) is 4.43. The molecular formula is C33H39Cl3O6SiTi. The van der Waals surface area contributed by atoms with Gasteiger partial charge in [0.15, 0.2) is 0 Å². The zero-order valence-corrected chi connectivity index (χ0v) is 31.6. The van der Waals surface area contributed by atoms with Gasteiger partial charge in [-0.3, -0.25) is 0 Å². The molecule has 44 heavy (non-hydrogen) atoms. The Balaban J connectivity index is 0.00000462. The molecule has 4 aromatic carbocycles. The number of halogens is 3. The van der Waals surface area contributed by atoms with Gasteiger partial charge in [-0.25, -0.2) is 0 Å². The summed E-state index contributed by atoms with van der Waals surface area (Å²) in [5.41, 5.74) is 4.97. The molecule has 0 bridgehead atoms. The van der Waals surface area contributed by atoms with Gasteiger partial charge in [-0.1, -0.05) is 27.7 Å². The number of benzene rings is 3. The first-order valence-corrected chi connectivity index (χ1v) is 15.1. The Bertz CT molecular complexity index is 1380. The van der Waals surface area contributed by atoms with Crippen molar-refractivity contribution in [1.82, 2.24) is 0 Å². The Morgan fingerprint density at radius 2 is 0.727 bits per heavy atom. The van der Waals surface area contributed by atoms with Gasteiger partial charge >= 0.3 is 21.7 Å². The van der Waals surface area contributed by atoms with Gasteiger partial charge in [0.2, 0.25) is 0 Å². The minimum atomic E-state index is -3.35. The van der Waals surface area contributed by atoms with E-state index < -0.39 is 8.07 Å². The van der Waals surface area contributed by atoms with Crippen LogP contribution >= 0.6 is 0 Å². The zero-order valence-electron chi connectivity index (χ0n) is 26.8. The van der Waals surface area contributed by atoms with Crippen LogP contribution in [0.4, 0.5) is 0 Å². The Kier molecular flexibility index (Phi) is 16.4. The molecule has 0 heterocycles. The van der Waals surface area contributed by atoms with Crippen LogP contribution in [-0.2, 0) is 21.7 Å². The van der Waals surface area contributed by atoms with E-state index in [9.17, 15) is 0 Å². The SMILES string of the molecule is COc1ccc(OC)c([Si](c2cc(OC)ccc2OC)(c2cc(OC)ccc2OC)[c-]2c(C)c(C)c(C)c2C)c1.[Cl-].[Cl-].[Cl-].[Ti+4]. The second-order valence-corrected chi connectivity index (χ2v) is 13.4. The van der Waals surface area contributed by atoms with E-state index in [4.69, 9.17) is 28.4 Å². The average Bonchev–Trinajstić information content (AvgIpc) is 3.19. The first-order valence-electron chi connectivity index (χ1n) is 13.1. The van der Waals surface area contributed by atoms with Gasteiger partial charge in [-0.05, 0) is 70.2 Å². The van der Waals surface area contributed by atoms with Crippen LogP contribution < -0.4 is 86.4 Å². The second-order valence-electron chi connectivity index (χ2n) is 9.82. The van der Waals surface area contributed by atoms with E-state index in [0.717, 1.165) is 50.1 Å². The van der Waals surface area contributed by atoms with Gasteiger partial charge in [0.1, 0.15) is 42.6 Å². The predicted molar refractivity (Wildman–Crippen MR) is 164 cm³/mol. The first kappa shape index (κ1) is 41.6. The Morgan fingerprint density at radius 1 is 0.455 bits per heavy atom. The van der Waals surface area contributed by atoms with Gasteiger partial charge in [-0.15, -0.1) is 5.19 Å². The van der Waals surface area contributed by atoms with Crippen LogP contribution in [0.1, 0.15) is 22.3 Å². The smallest absolute Gasteiger partial charge is 1.00 e. The van der Waals surface area contributed by atoms with Crippen LogP contribution in [0.25, 0.3) is 0 Å². The fourth-order valence-corrected chi connectivity index (χ4v) is 11.9. The van der Waals surface area contributed by atoms with Gasteiger partial charge in [-0.2, -0.15) is 22.3 Å². The van der Waals surface area contributed by atoms with Crippen molar-refractivity contribution in [3.63, 3.8) is 0 Å². The van der Waals surface area contributed by atoms with Crippen LogP contribution in [0.2, 0.25) is 0 Å². The van der Waals surface area contributed by atoms with Crippen molar-refractivity contribution >= 4 is 28.8 Å². The average molecular weight is 714 g/mol. The molecule has 236 valence electrons. The number of methoxy groups -OCH3 is 6. The molecule has 0 spiro atoms. The van der Waals surface area contributed by atoms with Gasteiger partial charge in [0.25, 0.3) is 0 Å². The number of rotatable bonds is 10. The van der Waals surface area contributed by atoms with Crippen molar-refractivity contribution in [2.24, 2.45) is 0 Å². The summed E-state index contributed by atoms with van der Waals surface area (Å²) in [6.07, 6.45) is 0. The molecule has 0 fully saturated rings. The van der Waals surface area contributed by atoms with Crippen LogP contribution in [-0.4, -0.2) is 50.7 Å². The molecule has 0 radical (unpaired) electrons. The quantitative estimate of drug-likeness (QED) is 0.0935. The van der Waals surface area contributed by atoms with Crippen molar-refractivity contribution in [2.75, 3.05) is 42.7 Å². The summed E-state index contributed by atoms with van der Waals surface area (Å²) < 4.78 is 35.8. The summed E-state index contributed by atoms with van der Waals surface area (Å²) in [4.78, 5) is 0. The maximum absolute atomic E-state index is 6.13. The molecule has 0 amide bonds. The van der Waals surface area contributed by atoms with E-state index in [1.165, 1.54) is 27.4 Å². The summed E-state index contributed by atoms with van der Waals surface area (Å²) >= 11 is 0. The maximum Gasteiger partial charge on any atom is 4.00 e. The molecule has 0 aliphatic rings. The standard InChI is InChI=1S/C33H39O6Si.3ClH.Ti/c1-20-21(2)23(4)33(22(20)3)40(30-17-24(34-5)11-14-27(30)37-8,31-18-25(35-6)12-15-28(31)38-9)32-19-26(36-7)13-16-29(32)39-10;;;;/h11-19H,1-10H3;3*1H;/q-1;;;;+4/p-3. The van der Waals surface area contributed by atoms with Crippen molar-refractivity contribution in [2.45, 2.75) is 27.7 Å². The Morgan fingerprint density at radius 3 is 0.955 bits per heavy atom. The number of hydrogen-bond acceptors (Lipinski definition) is 6. The minimum absolute atomic E-state index is 0. The number of hydrogen-bond donors (Lipinski definition) is 0. The fourth-order valence-electron chi connectivity index (χ4n) is 5.94. The summed E-state index contributed by atoms with van der Waals surface area (Å²) in [6, 6.07) is 18.0. The summed E-state index contributed by atoms with van der Waals surface area (Å²) in [5, 5.41) is 4.25. The maximum atomic E-state index is 6.13. The molecule has 4 aromatic rings. The van der Waals surface area contributed by atoms with Crippen LogP contribution in [0.15, 0.2) is 54.6 Å². The van der Waals surface area contributed by atoms with E-state index in [1.54, 1.807) is 42.7 Å². The van der Waals surface area contributed by atoms with E-state index in [2.05, 4.69) is 45.9 Å². The Hall–Kier alpha value is -2.39.